The summed E-state index contributed by atoms with van der Waals surface area (Å²) in [6, 6.07) is 0. The molecule has 2 N–H and O–H groups in total. The Balaban J connectivity index is 0.00000220. The molecule has 2 heterocycles. The molecule has 6 nitrogen and oxygen atoms in total. The predicted molar refractivity (Wildman–Crippen MR) is 97.4 cm³/mol. The molecule has 0 amide bonds. The standard InChI is InChI=1S/C13H23N5OS.HI/c1-4-14-12(15-8-11-17-10(2)18-19-11)16-9-13(3)6-5-7-20-13;/h4-9H2,1-3H3,(H2,14,15,16);1H. The number of nitrogens with zero attached hydrogens (tertiary/aromatic N) is 3. The molecule has 1 aliphatic heterocycles. The van der Waals surface area contributed by atoms with Crippen molar-refractivity contribution in [1.29, 1.82) is 0 Å². The first-order valence-electron chi connectivity index (χ1n) is 7.07. The van der Waals surface area contributed by atoms with Crippen LogP contribution in [0.15, 0.2) is 9.52 Å². The van der Waals surface area contributed by atoms with E-state index in [2.05, 4.69) is 39.6 Å². The number of aryl methyl sites for hydroxylation is 1. The van der Waals surface area contributed by atoms with Gasteiger partial charge in [-0.3, -0.25) is 0 Å². The van der Waals surface area contributed by atoms with Crippen LogP contribution < -0.4 is 10.6 Å². The summed E-state index contributed by atoms with van der Waals surface area (Å²) in [5.74, 6) is 3.24. The molecule has 1 fully saturated rings. The molecule has 21 heavy (non-hydrogen) atoms. The maximum atomic E-state index is 5.06. The highest BCUT2D eigenvalue weighted by atomic mass is 127. The van der Waals surface area contributed by atoms with Crippen molar-refractivity contribution in [2.75, 3.05) is 18.8 Å². The number of thioether (sulfide) groups is 1. The Morgan fingerprint density at radius 2 is 2.29 bits per heavy atom. The van der Waals surface area contributed by atoms with Gasteiger partial charge in [-0.25, -0.2) is 4.99 Å². The third-order valence-corrected chi connectivity index (χ3v) is 4.75. The summed E-state index contributed by atoms with van der Waals surface area (Å²) in [4.78, 5) is 8.63. The van der Waals surface area contributed by atoms with Crippen LogP contribution in [0.25, 0.3) is 0 Å². The summed E-state index contributed by atoms with van der Waals surface area (Å²) in [5.41, 5.74) is 0. The molecule has 0 bridgehead atoms. The van der Waals surface area contributed by atoms with Crippen LogP contribution in [0, 0.1) is 6.92 Å². The molecule has 0 aromatic carbocycles. The zero-order chi connectivity index (χ0) is 14.4. The molecule has 0 radical (unpaired) electrons. The van der Waals surface area contributed by atoms with Crippen molar-refractivity contribution in [3.05, 3.63) is 11.7 Å². The van der Waals surface area contributed by atoms with E-state index in [0.717, 1.165) is 19.0 Å². The van der Waals surface area contributed by atoms with Crippen molar-refractivity contribution >= 4 is 41.7 Å². The molecular weight excluding hydrogens is 401 g/mol. The van der Waals surface area contributed by atoms with E-state index in [9.17, 15) is 0 Å². The van der Waals surface area contributed by atoms with Gasteiger partial charge in [0, 0.05) is 17.8 Å². The van der Waals surface area contributed by atoms with Gasteiger partial charge in [-0.1, -0.05) is 5.16 Å². The fourth-order valence-corrected chi connectivity index (χ4v) is 3.38. The summed E-state index contributed by atoms with van der Waals surface area (Å²) < 4.78 is 5.38. The Hall–Kier alpha value is -0.510. The van der Waals surface area contributed by atoms with E-state index < -0.39 is 0 Å². The van der Waals surface area contributed by atoms with Gasteiger partial charge in [0.25, 0.3) is 0 Å². The van der Waals surface area contributed by atoms with Crippen molar-refractivity contribution in [2.45, 2.75) is 44.9 Å². The monoisotopic (exact) mass is 425 g/mol. The van der Waals surface area contributed by atoms with Crippen LogP contribution in [0.3, 0.4) is 0 Å². The van der Waals surface area contributed by atoms with Gasteiger partial charge in [0.15, 0.2) is 11.8 Å². The maximum Gasteiger partial charge on any atom is 0.248 e. The van der Waals surface area contributed by atoms with Gasteiger partial charge in [-0.2, -0.15) is 16.7 Å². The second-order valence-electron chi connectivity index (χ2n) is 5.19. The average molecular weight is 425 g/mol. The zero-order valence-corrected chi connectivity index (χ0v) is 16.0. The average Bonchev–Trinajstić information content (AvgIpc) is 3.03. The van der Waals surface area contributed by atoms with E-state index in [0.29, 0.717) is 23.0 Å². The van der Waals surface area contributed by atoms with Crippen LogP contribution in [0.4, 0.5) is 0 Å². The first-order valence-corrected chi connectivity index (χ1v) is 8.05. The largest absolute Gasteiger partial charge is 0.357 e. The minimum absolute atomic E-state index is 0. The Morgan fingerprint density at radius 1 is 1.48 bits per heavy atom. The fraction of sp³-hybridized carbons (Fsp3) is 0.769. The quantitative estimate of drug-likeness (QED) is 0.429. The van der Waals surface area contributed by atoms with Crippen molar-refractivity contribution in [3.8, 4) is 0 Å². The highest BCUT2D eigenvalue weighted by Crippen LogP contribution is 2.36. The van der Waals surface area contributed by atoms with E-state index in [1.54, 1.807) is 6.92 Å². The van der Waals surface area contributed by atoms with Gasteiger partial charge >= 0.3 is 0 Å². The van der Waals surface area contributed by atoms with Gasteiger partial charge in [-0.05, 0) is 39.4 Å². The second-order valence-corrected chi connectivity index (χ2v) is 6.87. The maximum absolute atomic E-state index is 5.06. The molecule has 1 aromatic rings. The molecule has 0 saturated carbocycles. The van der Waals surface area contributed by atoms with E-state index in [1.165, 1.54) is 18.6 Å². The third-order valence-electron chi connectivity index (χ3n) is 3.22. The van der Waals surface area contributed by atoms with Crippen molar-refractivity contribution in [3.63, 3.8) is 0 Å². The number of aromatic nitrogens is 2. The van der Waals surface area contributed by atoms with Gasteiger partial charge in [0.2, 0.25) is 5.89 Å². The number of aliphatic imine (C=N–C) groups is 1. The smallest absolute Gasteiger partial charge is 0.248 e. The highest BCUT2D eigenvalue weighted by Gasteiger charge is 2.29. The summed E-state index contributed by atoms with van der Waals surface area (Å²) in [7, 11) is 0. The molecule has 1 saturated heterocycles. The molecule has 120 valence electrons. The minimum atomic E-state index is 0. The van der Waals surface area contributed by atoms with Gasteiger partial charge in [-0.15, -0.1) is 24.0 Å². The molecule has 1 aromatic heterocycles. The third kappa shape index (κ3) is 6.01. The van der Waals surface area contributed by atoms with Gasteiger partial charge in [0.1, 0.15) is 6.54 Å². The van der Waals surface area contributed by atoms with Crippen LogP contribution >= 0.6 is 35.7 Å². The Morgan fingerprint density at radius 3 is 2.86 bits per heavy atom. The minimum Gasteiger partial charge on any atom is -0.357 e. The van der Waals surface area contributed by atoms with E-state index in [-0.39, 0.29) is 24.0 Å². The van der Waals surface area contributed by atoms with Crippen molar-refractivity contribution in [1.82, 2.24) is 20.8 Å². The summed E-state index contributed by atoms with van der Waals surface area (Å²) >= 11 is 2.04. The van der Waals surface area contributed by atoms with E-state index in [4.69, 9.17) is 4.52 Å². The van der Waals surface area contributed by atoms with Crippen LogP contribution in [-0.4, -0.2) is 39.7 Å². The van der Waals surface area contributed by atoms with Gasteiger partial charge < -0.3 is 15.2 Å². The Labute approximate surface area is 147 Å². The van der Waals surface area contributed by atoms with Gasteiger partial charge in [0.05, 0.1) is 0 Å². The number of halogens is 1. The molecule has 0 spiro atoms. The first kappa shape index (κ1) is 18.5. The zero-order valence-electron chi connectivity index (χ0n) is 12.8. The SMILES string of the molecule is CCNC(=NCc1nc(C)no1)NCC1(C)CCCS1.I. The molecular formula is C13H24IN5OS. The topological polar surface area (TPSA) is 75.3 Å². The van der Waals surface area contributed by atoms with Crippen LogP contribution in [-0.2, 0) is 6.54 Å². The fourth-order valence-electron chi connectivity index (χ4n) is 2.14. The highest BCUT2D eigenvalue weighted by molar-refractivity contribution is 14.0. The summed E-state index contributed by atoms with van der Waals surface area (Å²) in [5, 5.41) is 10.4. The number of guanidine groups is 1. The number of nitrogens with one attached hydrogen (secondary N) is 2. The van der Waals surface area contributed by atoms with E-state index in [1.807, 2.05) is 11.8 Å². The van der Waals surface area contributed by atoms with Crippen molar-refractivity contribution in [2.24, 2.45) is 4.99 Å². The Kier molecular flexibility index (Phi) is 7.78. The number of hydrogen-bond acceptors (Lipinski definition) is 5. The molecule has 1 aliphatic rings. The van der Waals surface area contributed by atoms with E-state index >= 15 is 0 Å². The van der Waals surface area contributed by atoms with Crippen LogP contribution in [0.2, 0.25) is 0 Å². The normalized spacial score (nSPS) is 22.0. The predicted octanol–water partition coefficient (Wildman–Crippen LogP) is 2.34. The lowest BCUT2D eigenvalue weighted by atomic mass is 10.1. The molecule has 8 heteroatoms. The number of rotatable bonds is 5. The van der Waals surface area contributed by atoms with Crippen molar-refractivity contribution < 1.29 is 4.52 Å². The lowest BCUT2D eigenvalue weighted by molar-refractivity contribution is 0.376. The molecule has 1 atom stereocenters. The molecule has 2 rings (SSSR count). The van der Waals surface area contributed by atoms with Crippen LogP contribution in [0.5, 0.6) is 0 Å². The van der Waals surface area contributed by atoms with Crippen LogP contribution in [0.1, 0.15) is 38.4 Å². The number of hydrogen-bond donors (Lipinski definition) is 2. The molecule has 1 unspecified atom stereocenters. The second kappa shape index (κ2) is 8.82. The summed E-state index contributed by atoms with van der Waals surface area (Å²) in [6.45, 7) is 8.33. The lowest BCUT2D eigenvalue weighted by Crippen LogP contribution is -2.43. The lowest BCUT2D eigenvalue weighted by Gasteiger charge is -2.24. The molecule has 0 aliphatic carbocycles. The Bertz CT molecular complexity index is 459. The summed E-state index contributed by atoms with van der Waals surface area (Å²) in [6.07, 6.45) is 2.56. The first-order chi connectivity index (χ1) is 9.61.